The second-order valence-electron chi connectivity index (χ2n) is 7.53. The highest BCUT2D eigenvalue weighted by Crippen LogP contribution is 2.23. The molecule has 0 saturated carbocycles. The molecule has 0 atom stereocenters. The molecule has 0 unspecified atom stereocenters. The Morgan fingerprint density at radius 1 is 0.833 bits per heavy atom. The SMILES string of the molecule is CC(=O)c1ccc(N2CCN(C(=O)CCN3C(=O)c4ccccc4C3=O)CC2)cc1. The van der Waals surface area contributed by atoms with Gasteiger partial charge in [-0.3, -0.25) is 24.1 Å². The summed E-state index contributed by atoms with van der Waals surface area (Å²) in [7, 11) is 0. The van der Waals surface area contributed by atoms with Crippen LogP contribution in [0.15, 0.2) is 48.5 Å². The number of benzene rings is 2. The van der Waals surface area contributed by atoms with E-state index >= 15 is 0 Å². The van der Waals surface area contributed by atoms with Crippen LogP contribution in [0.3, 0.4) is 0 Å². The van der Waals surface area contributed by atoms with Crippen molar-refractivity contribution in [2.45, 2.75) is 13.3 Å². The maximum Gasteiger partial charge on any atom is 0.261 e. The van der Waals surface area contributed by atoms with E-state index in [1.165, 1.54) is 0 Å². The first-order chi connectivity index (χ1) is 14.5. The number of ketones is 1. The second kappa shape index (κ2) is 8.10. The zero-order valence-electron chi connectivity index (χ0n) is 16.8. The van der Waals surface area contributed by atoms with Crippen LogP contribution in [0, 0.1) is 0 Å². The summed E-state index contributed by atoms with van der Waals surface area (Å²) in [5.41, 5.74) is 2.51. The van der Waals surface area contributed by atoms with Gasteiger partial charge in [0.2, 0.25) is 5.91 Å². The normalized spacial score (nSPS) is 16.1. The fourth-order valence-electron chi connectivity index (χ4n) is 3.93. The number of Topliss-reactive ketones (excluding diaryl/α,β-unsaturated/α-hetero) is 1. The van der Waals surface area contributed by atoms with Gasteiger partial charge in [-0.15, -0.1) is 0 Å². The first kappa shape index (κ1) is 19.8. The smallest absolute Gasteiger partial charge is 0.261 e. The van der Waals surface area contributed by atoms with Crippen LogP contribution < -0.4 is 4.90 Å². The Labute approximate surface area is 174 Å². The number of hydrogen-bond acceptors (Lipinski definition) is 5. The lowest BCUT2D eigenvalue weighted by Crippen LogP contribution is -2.49. The van der Waals surface area contributed by atoms with Gasteiger partial charge in [-0.25, -0.2) is 0 Å². The van der Waals surface area contributed by atoms with E-state index in [-0.39, 0.29) is 36.5 Å². The van der Waals surface area contributed by atoms with E-state index in [1.807, 2.05) is 24.3 Å². The zero-order valence-corrected chi connectivity index (χ0v) is 16.8. The van der Waals surface area contributed by atoms with Gasteiger partial charge >= 0.3 is 0 Å². The summed E-state index contributed by atoms with van der Waals surface area (Å²) in [6.45, 7) is 4.18. The van der Waals surface area contributed by atoms with Crippen LogP contribution in [0.5, 0.6) is 0 Å². The monoisotopic (exact) mass is 405 g/mol. The van der Waals surface area contributed by atoms with Crippen LogP contribution in [0.4, 0.5) is 5.69 Å². The Balaban J connectivity index is 1.29. The number of carbonyl (C=O) groups excluding carboxylic acids is 4. The van der Waals surface area contributed by atoms with Crippen LogP contribution >= 0.6 is 0 Å². The third-order valence-corrected chi connectivity index (χ3v) is 5.70. The molecule has 1 fully saturated rings. The van der Waals surface area contributed by atoms with E-state index in [4.69, 9.17) is 0 Å². The number of imide groups is 1. The van der Waals surface area contributed by atoms with Gasteiger partial charge in [0.1, 0.15) is 0 Å². The maximum absolute atomic E-state index is 12.6. The zero-order chi connectivity index (χ0) is 21.3. The summed E-state index contributed by atoms with van der Waals surface area (Å²) < 4.78 is 0. The van der Waals surface area contributed by atoms with Crippen molar-refractivity contribution in [3.05, 3.63) is 65.2 Å². The first-order valence-electron chi connectivity index (χ1n) is 10.0. The first-order valence-corrected chi connectivity index (χ1v) is 10.0. The van der Waals surface area contributed by atoms with E-state index < -0.39 is 0 Å². The van der Waals surface area contributed by atoms with Crippen LogP contribution in [0.1, 0.15) is 44.4 Å². The molecular weight excluding hydrogens is 382 g/mol. The molecule has 2 aliphatic rings. The van der Waals surface area contributed by atoms with Crippen molar-refractivity contribution in [1.29, 1.82) is 0 Å². The number of piperazine rings is 1. The van der Waals surface area contributed by atoms with Gasteiger partial charge in [0, 0.05) is 50.4 Å². The van der Waals surface area contributed by atoms with Crippen molar-refractivity contribution in [1.82, 2.24) is 9.80 Å². The van der Waals surface area contributed by atoms with Gasteiger partial charge in [0.25, 0.3) is 11.8 Å². The van der Waals surface area contributed by atoms with Crippen LogP contribution in [0.2, 0.25) is 0 Å². The Morgan fingerprint density at radius 3 is 1.93 bits per heavy atom. The summed E-state index contributed by atoms with van der Waals surface area (Å²) in [5, 5.41) is 0. The van der Waals surface area contributed by atoms with Gasteiger partial charge in [0.05, 0.1) is 11.1 Å². The average molecular weight is 405 g/mol. The number of nitrogens with zero attached hydrogens (tertiary/aromatic N) is 3. The molecule has 2 aromatic carbocycles. The van der Waals surface area contributed by atoms with Crippen molar-refractivity contribution in [3.63, 3.8) is 0 Å². The van der Waals surface area contributed by atoms with E-state index in [0.29, 0.717) is 42.9 Å². The van der Waals surface area contributed by atoms with Crippen molar-refractivity contribution in [2.75, 3.05) is 37.6 Å². The molecule has 0 aliphatic carbocycles. The highest BCUT2D eigenvalue weighted by Gasteiger charge is 2.35. The molecule has 0 aromatic heterocycles. The lowest BCUT2D eigenvalue weighted by molar-refractivity contribution is -0.131. The fourth-order valence-corrected chi connectivity index (χ4v) is 3.93. The summed E-state index contributed by atoms with van der Waals surface area (Å²) >= 11 is 0. The molecule has 4 rings (SSSR count). The quantitative estimate of drug-likeness (QED) is 0.563. The number of rotatable bonds is 5. The summed E-state index contributed by atoms with van der Waals surface area (Å²) in [4.78, 5) is 54.0. The molecule has 7 nitrogen and oxygen atoms in total. The third-order valence-electron chi connectivity index (χ3n) is 5.70. The third kappa shape index (κ3) is 3.70. The number of carbonyl (C=O) groups is 4. The molecule has 7 heteroatoms. The largest absolute Gasteiger partial charge is 0.368 e. The number of anilines is 1. The topological polar surface area (TPSA) is 78.0 Å². The molecular formula is C23H23N3O4. The van der Waals surface area contributed by atoms with E-state index in [2.05, 4.69) is 4.90 Å². The van der Waals surface area contributed by atoms with Gasteiger partial charge in [-0.1, -0.05) is 12.1 Å². The molecule has 2 heterocycles. The second-order valence-corrected chi connectivity index (χ2v) is 7.53. The fraction of sp³-hybridized carbons (Fsp3) is 0.304. The standard InChI is InChI=1S/C23H23N3O4/c1-16(27)17-6-8-18(9-7-17)24-12-14-25(15-13-24)21(28)10-11-26-22(29)19-4-2-3-5-20(19)23(26)30/h2-9H,10-15H2,1H3. The highest BCUT2D eigenvalue weighted by atomic mass is 16.2. The molecule has 2 aliphatic heterocycles. The number of hydrogen-bond donors (Lipinski definition) is 0. The van der Waals surface area contributed by atoms with Crippen LogP contribution in [-0.2, 0) is 4.79 Å². The van der Waals surface area contributed by atoms with Crippen molar-refractivity contribution < 1.29 is 19.2 Å². The van der Waals surface area contributed by atoms with Gasteiger partial charge in [-0.05, 0) is 43.3 Å². The van der Waals surface area contributed by atoms with Crippen molar-refractivity contribution >= 4 is 29.2 Å². The molecule has 0 bridgehead atoms. The minimum Gasteiger partial charge on any atom is -0.368 e. The highest BCUT2D eigenvalue weighted by molar-refractivity contribution is 6.21. The molecule has 2 aromatic rings. The van der Waals surface area contributed by atoms with Gasteiger partial charge < -0.3 is 9.80 Å². The minimum absolute atomic E-state index is 0.0371. The molecule has 0 spiro atoms. The summed E-state index contributed by atoms with van der Waals surface area (Å²) in [6.07, 6.45) is 0.124. The Morgan fingerprint density at radius 2 is 1.40 bits per heavy atom. The Kier molecular flexibility index (Phi) is 5.35. The van der Waals surface area contributed by atoms with Gasteiger partial charge in [0.15, 0.2) is 5.78 Å². The van der Waals surface area contributed by atoms with Crippen LogP contribution in [-0.4, -0.2) is 66.0 Å². The maximum atomic E-state index is 12.6. The Hall–Kier alpha value is -3.48. The molecule has 0 N–H and O–H groups in total. The molecule has 1 saturated heterocycles. The average Bonchev–Trinajstić information content (AvgIpc) is 3.02. The van der Waals surface area contributed by atoms with Crippen molar-refractivity contribution in [2.24, 2.45) is 0 Å². The predicted octanol–water partition coefficient (Wildman–Crippen LogP) is 2.22. The Bertz CT molecular complexity index is 972. The number of amides is 3. The van der Waals surface area contributed by atoms with E-state index in [0.717, 1.165) is 10.6 Å². The minimum atomic E-state index is -0.331. The van der Waals surface area contributed by atoms with Gasteiger partial charge in [-0.2, -0.15) is 0 Å². The van der Waals surface area contributed by atoms with E-state index in [9.17, 15) is 19.2 Å². The number of fused-ring (bicyclic) bond motifs is 1. The molecule has 154 valence electrons. The molecule has 30 heavy (non-hydrogen) atoms. The van der Waals surface area contributed by atoms with E-state index in [1.54, 1.807) is 36.1 Å². The summed E-state index contributed by atoms with van der Waals surface area (Å²) in [5.74, 6) is -0.683. The molecule has 3 amide bonds. The lowest BCUT2D eigenvalue weighted by atomic mass is 10.1. The molecule has 0 radical (unpaired) electrons. The summed E-state index contributed by atoms with van der Waals surface area (Å²) in [6, 6.07) is 14.2. The van der Waals surface area contributed by atoms with Crippen molar-refractivity contribution in [3.8, 4) is 0 Å². The predicted molar refractivity (Wildman–Crippen MR) is 112 cm³/mol. The lowest BCUT2D eigenvalue weighted by Gasteiger charge is -2.36. The van der Waals surface area contributed by atoms with Crippen LogP contribution in [0.25, 0.3) is 0 Å².